The molecule has 2 atom stereocenters. The van der Waals surface area contributed by atoms with Crippen LogP contribution in [0.1, 0.15) is 42.0 Å². The van der Waals surface area contributed by atoms with Crippen molar-refractivity contribution in [2.45, 2.75) is 37.5 Å². The molecule has 2 aromatic rings. The number of nitrogens with zero attached hydrogens (tertiary/aromatic N) is 1. The summed E-state index contributed by atoms with van der Waals surface area (Å²) in [6, 6.07) is 6.50. The highest BCUT2D eigenvalue weighted by molar-refractivity contribution is 5.74. The first-order chi connectivity index (χ1) is 15.2. The van der Waals surface area contributed by atoms with E-state index in [4.69, 9.17) is 14.2 Å². The number of alkyl halides is 3. The molecule has 6 nitrogen and oxygen atoms in total. The normalized spacial score (nSPS) is 18.1. The summed E-state index contributed by atoms with van der Waals surface area (Å²) >= 11 is 0. The van der Waals surface area contributed by atoms with Gasteiger partial charge in [0, 0.05) is 0 Å². The number of rotatable bonds is 7. The lowest BCUT2D eigenvalue weighted by Crippen LogP contribution is -2.47. The molecule has 1 fully saturated rings. The fourth-order valence-corrected chi connectivity index (χ4v) is 4.33. The SMILES string of the molecule is COc1cc(C(c2ccccc2C(F)(F)F)N2CCCCC2C(=O)O)cc(OC)c1OC. The Morgan fingerprint density at radius 3 is 2.22 bits per heavy atom. The van der Waals surface area contributed by atoms with E-state index in [1.807, 2.05) is 0 Å². The van der Waals surface area contributed by atoms with Crippen LogP contribution in [0.15, 0.2) is 36.4 Å². The molecule has 1 saturated heterocycles. The summed E-state index contributed by atoms with van der Waals surface area (Å²) in [5.74, 6) is -0.206. The minimum absolute atomic E-state index is 0.0255. The van der Waals surface area contributed by atoms with Crippen LogP contribution < -0.4 is 14.2 Å². The Hall–Kier alpha value is -2.94. The van der Waals surface area contributed by atoms with Gasteiger partial charge < -0.3 is 19.3 Å². The van der Waals surface area contributed by atoms with Crippen LogP contribution in [0.2, 0.25) is 0 Å². The molecule has 32 heavy (non-hydrogen) atoms. The monoisotopic (exact) mass is 453 g/mol. The Labute approximate surface area is 184 Å². The topological polar surface area (TPSA) is 68.2 Å². The Morgan fingerprint density at radius 1 is 1.06 bits per heavy atom. The smallest absolute Gasteiger partial charge is 0.416 e. The lowest BCUT2D eigenvalue weighted by Gasteiger charge is -2.40. The molecule has 0 spiro atoms. The molecule has 0 bridgehead atoms. The molecule has 2 aromatic carbocycles. The van der Waals surface area contributed by atoms with Gasteiger partial charge in [-0.15, -0.1) is 0 Å². The Balaban J connectivity index is 2.29. The zero-order valence-corrected chi connectivity index (χ0v) is 18.1. The average molecular weight is 453 g/mol. The molecular formula is C23H26F3NO5. The van der Waals surface area contributed by atoms with Crippen LogP contribution >= 0.6 is 0 Å². The van der Waals surface area contributed by atoms with Gasteiger partial charge in [-0.05, 0) is 48.7 Å². The third kappa shape index (κ3) is 4.62. The summed E-state index contributed by atoms with van der Waals surface area (Å²) in [4.78, 5) is 13.6. The van der Waals surface area contributed by atoms with Crippen LogP contribution in [0.4, 0.5) is 13.2 Å². The molecule has 1 N–H and O–H groups in total. The van der Waals surface area contributed by atoms with Crippen molar-refractivity contribution in [1.29, 1.82) is 0 Å². The maximum atomic E-state index is 14.0. The Kier molecular flexibility index (Phi) is 7.18. The molecule has 1 heterocycles. The largest absolute Gasteiger partial charge is 0.493 e. The summed E-state index contributed by atoms with van der Waals surface area (Å²) in [7, 11) is 4.27. The molecular weight excluding hydrogens is 427 g/mol. The number of aliphatic carboxylic acids is 1. The summed E-state index contributed by atoms with van der Waals surface area (Å²) < 4.78 is 58.0. The van der Waals surface area contributed by atoms with Gasteiger partial charge in [0.2, 0.25) is 5.75 Å². The number of likely N-dealkylation sites (tertiary alicyclic amines) is 1. The third-order valence-electron chi connectivity index (χ3n) is 5.72. The van der Waals surface area contributed by atoms with Gasteiger partial charge in [0.15, 0.2) is 11.5 Å². The van der Waals surface area contributed by atoms with Crippen LogP contribution in [-0.2, 0) is 11.0 Å². The van der Waals surface area contributed by atoms with Crippen molar-refractivity contribution >= 4 is 5.97 Å². The number of carboxylic acid groups (broad SMARTS) is 1. The minimum Gasteiger partial charge on any atom is -0.493 e. The Morgan fingerprint density at radius 2 is 1.69 bits per heavy atom. The van der Waals surface area contributed by atoms with Gasteiger partial charge in [0.25, 0.3) is 0 Å². The van der Waals surface area contributed by atoms with E-state index in [2.05, 4.69) is 0 Å². The third-order valence-corrected chi connectivity index (χ3v) is 5.72. The first-order valence-corrected chi connectivity index (χ1v) is 10.2. The minimum atomic E-state index is -4.61. The zero-order valence-electron chi connectivity index (χ0n) is 18.1. The van der Waals surface area contributed by atoms with Crippen molar-refractivity contribution < 1.29 is 37.3 Å². The van der Waals surface area contributed by atoms with Crippen molar-refractivity contribution in [3.8, 4) is 17.2 Å². The summed E-state index contributed by atoms with van der Waals surface area (Å²) in [6.07, 6.45) is -2.89. The van der Waals surface area contributed by atoms with Crippen molar-refractivity contribution in [1.82, 2.24) is 4.90 Å². The predicted octanol–water partition coefficient (Wildman–Crippen LogP) is 4.76. The van der Waals surface area contributed by atoms with Crippen LogP contribution in [0.5, 0.6) is 17.2 Å². The van der Waals surface area contributed by atoms with Crippen molar-refractivity contribution in [3.63, 3.8) is 0 Å². The zero-order chi connectivity index (χ0) is 23.5. The number of methoxy groups -OCH3 is 3. The highest BCUT2D eigenvalue weighted by Gasteiger charge is 2.41. The van der Waals surface area contributed by atoms with Crippen LogP contribution in [0.25, 0.3) is 0 Å². The van der Waals surface area contributed by atoms with E-state index in [0.29, 0.717) is 37.1 Å². The molecule has 0 amide bonds. The van der Waals surface area contributed by atoms with E-state index in [1.54, 1.807) is 17.0 Å². The van der Waals surface area contributed by atoms with E-state index < -0.39 is 29.8 Å². The first kappa shape index (κ1) is 23.7. The number of carboxylic acids is 1. The van der Waals surface area contributed by atoms with E-state index >= 15 is 0 Å². The van der Waals surface area contributed by atoms with Crippen molar-refractivity contribution in [2.24, 2.45) is 0 Å². The van der Waals surface area contributed by atoms with E-state index in [1.165, 1.54) is 39.5 Å². The van der Waals surface area contributed by atoms with E-state index in [-0.39, 0.29) is 17.1 Å². The number of hydrogen-bond donors (Lipinski definition) is 1. The van der Waals surface area contributed by atoms with Gasteiger partial charge in [-0.3, -0.25) is 9.69 Å². The van der Waals surface area contributed by atoms with Gasteiger partial charge in [-0.25, -0.2) is 0 Å². The maximum absolute atomic E-state index is 14.0. The second-order valence-corrected chi connectivity index (χ2v) is 7.53. The molecule has 3 rings (SSSR count). The lowest BCUT2D eigenvalue weighted by atomic mass is 9.88. The second-order valence-electron chi connectivity index (χ2n) is 7.53. The van der Waals surface area contributed by atoms with Crippen molar-refractivity contribution in [2.75, 3.05) is 27.9 Å². The number of halogens is 3. The van der Waals surface area contributed by atoms with Gasteiger partial charge >= 0.3 is 12.1 Å². The number of ether oxygens (including phenoxy) is 3. The van der Waals surface area contributed by atoms with Gasteiger partial charge in [-0.2, -0.15) is 13.2 Å². The summed E-state index contributed by atoms with van der Waals surface area (Å²) in [5, 5.41) is 9.83. The van der Waals surface area contributed by atoms with Gasteiger partial charge in [0.05, 0.1) is 32.9 Å². The molecule has 174 valence electrons. The standard InChI is InChI=1S/C23H26F3NO5/c1-30-18-12-14(13-19(31-2)21(18)32-3)20(27-11-7-6-10-17(27)22(28)29)15-8-4-5-9-16(15)23(24,25)26/h4-5,8-9,12-13,17,20H,6-7,10-11H2,1-3H3,(H,28,29). The lowest BCUT2D eigenvalue weighted by molar-refractivity contribution is -0.145. The number of benzene rings is 2. The summed E-state index contributed by atoms with van der Waals surface area (Å²) in [6.45, 7) is 0.338. The van der Waals surface area contributed by atoms with E-state index in [9.17, 15) is 23.1 Å². The fourth-order valence-electron chi connectivity index (χ4n) is 4.33. The molecule has 0 saturated carbocycles. The molecule has 0 radical (unpaired) electrons. The van der Waals surface area contributed by atoms with Gasteiger partial charge in [0.1, 0.15) is 6.04 Å². The molecule has 1 aliphatic heterocycles. The fraction of sp³-hybridized carbons (Fsp3) is 0.435. The molecule has 0 aromatic heterocycles. The van der Waals surface area contributed by atoms with Crippen LogP contribution in [0.3, 0.4) is 0 Å². The predicted molar refractivity (Wildman–Crippen MR) is 111 cm³/mol. The highest BCUT2D eigenvalue weighted by atomic mass is 19.4. The van der Waals surface area contributed by atoms with Gasteiger partial charge in [-0.1, -0.05) is 24.6 Å². The average Bonchev–Trinajstić information content (AvgIpc) is 2.78. The molecule has 9 heteroatoms. The molecule has 0 aliphatic carbocycles. The van der Waals surface area contributed by atoms with Crippen LogP contribution in [-0.4, -0.2) is 49.9 Å². The number of carbonyl (C=O) groups is 1. The van der Waals surface area contributed by atoms with E-state index in [0.717, 1.165) is 6.07 Å². The Bertz CT molecular complexity index is 938. The second kappa shape index (κ2) is 9.68. The first-order valence-electron chi connectivity index (χ1n) is 10.2. The molecule has 1 aliphatic rings. The van der Waals surface area contributed by atoms with Crippen molar-refractivity contribution in [3.05, 3.63) is 53.1 Å². The quantitative estimate of drug-likeness (QED) is 0.652. The number of piperidine rings is 1. The number of hydrogen-bond acceptors (Lipinski definition) is 5. The molecule has 2 unspecified atom stereocenters. The maximum Gasteiger partial charge on any atom is 0.416 e. The summed E-state index contributed by atoms with van der Waals surface area (Å²) in [5.41, 5.74) is -0.416. The van der Waals surface area contributed by atoms with Crippen LogP contribution in [0, 0.1) is 0 Å². The highest BCUT2D eigenvalue weighted by Crippen LogP contribution is 2.46.